The lowest BCUT2D eigenvalue weighted by Gasteiger charge is -2.22. The number of aromatic hydroxyl groups is 1. The molecule has 0 saturated heterocycles. The number of primary amides is 1. The molecule has 3 aromatic rings. The molecule has 2 heterocycles. The molecule has 26 heavy (non-hydrogen) atoms. The van der Waals surface area contributed by atoms with Gasteiger partial charge in [-0.05, 0) is 42.5 Å². The Morgan fingerprint density at radius 3 is 2.04 bits per heavy atom. The van der Waals surface area contributed by atoms with Crippen LogP contribution in [0.15, 0.2) is 67.0 Å². The number of aromatic nitrogens is 2. The molecule has 0 bridgehead atoms. The van der Waals surface area contributed by atoms with Crippen LogP contribution in [0, 0.1) is 0 Å². The molecule has 0 aliphatic carbocycles. The highest BCUT2D eigenvalue weighted by Gasteiger charge is 2.14. The third-order valence-corrected chi connectivity index (χ3v) is 3.98. The van der Waals surface area contributed by atoms with Crippen LogP contribution in [0.4, 0.5) is 0 Å². The largest absolute Gasteiger partial charge is 0.508 e. The number of hydrogen-bond acceptors (Lipinski definition) is 5. The van der Waals surface area contributed by atoms with Crippen molar-refractivity contribution in [3.63, 3.8) is 0 Å². The lowest BCUT2D eigenvalue weighted by molar-refractivity contribution is 0.1000. The standard InChI is InChI=1S/C20H20N4O2/c21-20(26)15-7-8-19(25)16(11-15)12-24(13-17-5-1-3-9-22-17)14-18-6-2-4-10-23-18/h1-11,25H,12-14H2,(H2,21,26). The van der Waals surface area contributed by atoms with Crippen molar-refractivity contribution < 1.29 is 9.90 Å². The van der Waals surface area contributed by atoms with E-state index in [0.717, 1.165) is 11.4 Å². The summed E-state index contributed by atoms with van der Waals surface area (Å²) in [6.07, 6.45) is 3.50. The summed E-state index contributed by atoms with van der Waals surface area (Å²) < 4.78 is 0. The molecular formula is C20H20N4O2. The van der Waals surface area contributed by atoms with E-state index >= 15 is 0 Å². The number of rotatable bonds is 7. The zero-order valence-corrected chi connectivity index (χ0v) is 14.2. The van der Waals surface area contributed by atoms with Crippen LogP contribution in [0.1, 0.15) is 27.3 Å². The van der Waals surface area contributed by atoms with Gasteiger partial charge in [-0.15, -0.1) is 0 Å². The van der Waals surface area contributed by atoms with Gasteiger partial charge in [0.2, 0.25) is 5.91 Å². The fourth-order valence-electron chi connectivity index (χ4n) is 2.72. The molecule has 1 amide bonds. The molecule has 0 unspecified atom stereocenters. The molecule has 2 aromatic heterocycles. The second-order valence-electron chi connectivity index (χ2n) is 6.00. The highest BCUT2D eigenvalue weighted by Crippen LogP contribution is 2.22. The van der Waals surface area contributed by atoms with Crippen LogP contribution in [0.2, 0.25) is 0 Å². The summed E-state index contributed by atoms with van der Waals surface area (Å²) in [6.45, 7) is 1.59. The number of amides is 1. The van der Waals surface area contributed by atoms with Crippen molar-refractivity contribution in [2.75, 3.05) is 0 Å². The Hall–Kier alpha value is -3.25. The lowest BCUT2D eigenvalue weighted by Crippen LogP contribution is -2.24. The van der Waals surface area contributed by atoms with Gasteiger partial charge in [0.05, 0.1) is 11.4 Å². The summed E-state index contributed by atoms with van der Waals surface area (Å²) in [6, 6.07) is 16.2. The van der Waals surface area contributed by atoms with Crippen molar-refractivity contribution in [3.05, 3.63) is 89.5 Å². The van der Waals surface area contributed by atoms with Crippen LogP contribution >= 0.6 is 0 Å². The maximum absolute atomic E-state index is 11.4. The predicted molar refractivity (Wildman–Crippen MR) is 98.0 cm³/mol. The monoisotopic (exact) mass is 348 g/mol. The molecule has 132 valence electrons. The van der Waals surface area contributed by atoms with Gasteiger partial charge in [0.15, 0.2) is 0 Å². The minimum atomic E-state index is -0.521. The molecule has 1 aromatic carbocycles. The van der Waals surface area contributed by atoms with Gasteiger partial charge < -0.3 is 10.8 Å². The zero-order chi connectivity index (χ0) is 18.4. The molecule has 6 nitrogen and oxygen atoms in total. The number of nitrogens with two attached hydrogens (primary N) is 1. The summed E-state index contributed by atoms with van der Waals surface area (Å²) in [5, 5.41) is 10.2. The minimum absolute atomic E-state index is 0.127. The first kappa shape index (κ1) is 17.6. The molecule has 0 saturated carbocycles. The molecule has 3 rings (SSSR count). The molecule has 0 atom stereocenters. The highest BCUT2D eigenvalue weighted by molar-refractivity contribution is 5.93. The van der Waals surface area contributed by atoms with Crippen molar-refractivity contribution in [1.29, 1.82) is 0 Å². The summed E-state index contributed by atoms with van der Waals surface area (Å²) in [5.41, 5.74) is 8.18. The van der Waals surface area contributed by atoms with Crippen LogP contribution in [-0.2, 0) is 19.6 Å². The molecular weight excluding hydrogens is 328 g/mol. The topological polar surface area (TPSA) is 92.3 Å². The predicted octanol–water partition coefficient (Wildman–Crippen LogP) is 2.48. The van der Waals surface area contributed by atoms with Gasteiger partial charge in [-0.3, -0.25) is 19.7 Å². The number of carbonyl (C=O) groups excluding carboxylic acids is 1. The second-order valence-corrected chi connectivity index (χ2v) is 6.00. The average Bonchev–Trinajstić information content (AvgIpc) is 2.65. The first-order chi connectivity index (χ1) is 12.6. The third-order valence-electron chi connectivity index (χ3n) is 3.98. The smallest absolute Gasteiger partial charge is 0.248 e. The Labute approximate surface area is 152 Å². The normalized spacial score (nSPS) is 10.8. The highest BCUT2D eigenvalue weighted by atomic mass is 16.3. The molecule has 0 aliphatic rings. The van der Waals surface area contributed by atoms with E-state index in [-0.39, 0.29) is 5.75 Å². The number of phenols is 1. The van der Waals surface area contributed by atoms with Crippen LogP contribution in [0.5, 0.6) is 5.75 Å². The van der Waals surface area contributed by atoms with Crippen LogP contribution < -0.4 is 5.73 Å². The molecule has 0 spiro atoms. The Balaban J connectivity index is 1.85. The van der Waals surface area contributed by atoms with E-state index in [4.69, 9.17) is 5.73 Å². The van der Waals surface area contributed by atoms with Crippen molar-refractivity contribution in [3.8, 4) is 5.75 Å². The van der Waals surface area contributed by atoms with E-state index in [1.165, 1.54) is 12.1 Å². The number of phenolic OH excluding ortho intramolecular Hbond substituents is 1. The van der Waals surface area contributed by atoms with Crippen molar-refractivity contribution in [1.82, 2.24) is 14.9 Å². The van der Waals surface area contributed by atoms with E-state index in [9.17, 15) is 9.90 Å². The number of nitrogens with zero attached hydrogens (tertiary/aromatic N) is 3. The maximum atomic E-state index is 11.4. The quantitative estimate of drug-likeness (QED) is 0.684. The third kappa shape index (κ3) is 4.64. The van der Waals surface area contributed by atoms with E-state index in [0.29, 0.717) is 30.8 Å². The number of hydrogen-bond donors (Lipinski definition) is 2. The van der Waals surface area contributed by atoms with Crippen molar-refractivity contribution in [2.45, 2.75) is 19.6 Å². The SMILES string of the molecule is NC(=O)c1ccc(O)c(CN(Cc2ccccn2)Cc2ccccn2)c1. The first-order valence-electron chi connectivity index (χ1n) is 8.25. The minimum Gasteiger partial charge on any atom is -0.508 e. The average molecular weight is 348 g/mol. The summed E-state index contributed by atoms with van der Waals surface area (Å²) in [7, 11) is 0. The van der Waals surface area contributed by atoms with Gasteiger partial charge in [0, 0.05) is 43.2 Å². The molecule has 0 radical (unpaired) electrons. The molecule has 0 aliphatic heterocycles. The molecule has 0 fully saturated rings. The van der Waals surface area contributed by atoms with Crippen molar-refractivity contribution >= 4 is 5.91 Å². The van der Waals surface area contributed by atoms with E-state index in [1.54, 1.807) is 18.5 Å². The number of carbonyl (C=O) groups is 1. The Bertz CT molecular complexity index is 828. The van der Waals surface area contributed by atoms with Crippen molar-refractivity contribution in [2.24, 2.45) is 5.73 Å². The second kappa shape index (κ2) is 8.22. The van der Waals surface area contributed by atoms with Gasteiger partial charge >= 0.3 is 0 Å². The maximum Gasteiger partial charge on any atom is 0.248 e. The van der Waals surface area contributed by atoms with E-state index in [1.807, 2.05) is 36.4 Å². The van der Waals surface area contributed by atoms with Crippen LogP contribution in [0.3, 0.4) is 0 Å². The Kier molecular flexibility index (Phi) is 5.56. The fourth-order valence-corrected chi connectivity index (χ4v) is 2.72. The summed E-state index contributed by atoms with van der Waals surface area (Å²) >= 11 is 0. The molecule has 6 heteroatoms. The Morgan fingerprint density at radius 2 is 1.54 bits per heavy atom. The van der Waals surface area contributed by atoms with Gasteiger partial charge in [-0.1, -0.05) is 12.1 Å². The van der Waals surface area contributed by atoms with Crippen LogP contribution in [-0.4, -0.2) is 25.9 Å². The summed E-state index contributed by atoms with van der Waals surface area (Å²) in [4.78, 5) is 22.3. The fraction of sp³-hybridized carbons (Fsp3) is 0.150. The Morgan fingerprint density at radius 1 is 0.923 bits per heavy atom. The van der Waals surface area contributed by atoms with Gasteiger partial charge in [0.25, 0.3) is 0 Å². The van der Waals surface area contributed by atoms with Gasteiger partial charge in [-0.2, -0.15) is 0 Å². The summed E-state index contributed by atoms with van der Waals surface area (Å²) in [5.74, 6) is -0.394. The number of pyridine rings is 2. The molecule has 3 N–H and O–H groups in total. The van der Waals surface area contributed by atoms with E-state index < -0.39 is 5.91 Å². The number of benzene rings is 1. The zero-order valence-electron chi connectivity index (χ0n) is 14.2. The van der Waals surface area contributed by atoms with E-state index in [2.05, 4.69) is 14.9 Å². The first-order valence-corrected chi connectivity index (χ1v) is 8.25. The van der Waals surface area contributed by atoms with Gasteiger partial charge in [-0.25, -0.2) is 0 Å². The lowest BCUT2D eigenvalue weighted by atomic mass is 10.1. The van der Waals surface area contributed by atoms with Gasteiger partial charge in [0.1, 0.15) is 5.75 Å². The van der Waals surface area contributed by atoms with Crippen LogP contribution in [0.25, 0.3) is 0 Å².